The van der Waals surface area contributed by atoms with Gasteiger partial charge in [-0.2, -0.15) is 0 Å². The molecule has 2 atom stereocenters. The fourth-order valence-corrected chi connectivity index (χ4v) is 3.11. The molecule has 0 spiro atoms. The quantitative estimate of drug-likeness (QED) is 0.880. The molecular formula is C20H30N2O3. The number of aliphatic hydroxyl groups excluding tert-OH is 1. The number of nitrogens with zero attached hydrogens (tertiary/aromatic N) is 1. The molecule has 1 fully saturated rings. The second-order valence-electron chi connectivity index (χ2n) is 7.96. The van der Waals surface area contributed by atoms with Crippen LogP contribution in [0.4, 0.5) is 0 Å². The van der Waals surface area contributed by atoms with Gasteiger partial charge in [0.25, 0.3) is 0 Å². The maximum absolute atomic E-state index is 12.6. The zero-order valence-corrected chi connectivity index (χ0v) is 15.7. The monoisotopic (exact) mass is 346 g/mol. The topological polar surface area (TPSA) is 69.6 Å². The number of rotatable bonds is 4. The molecule has 0 saturated carbocycles. The summed E-state index contributed by atoms with van der Waals surface area (Å²) in [7, 11) is 0. The van der Waals surface area contributed by atoms with Gasteiger partial charge in [-0.05, 0) is 31.2 Å². The number of piperidine rings is 1. The predicted molar refractivity (Wildman–Crippen MR) is 97.8 cm³/mol. The largest absolute Gasteiger partial charge is 0.388 e. The number of nitrogens with one attached hydrogen (secondary N) is 1. The summed E-state index contributed by atoms with van der Waals surface area (Å²) in [6.07, 6.45) is 1.04. The van der Waals surface area contributed by atoms with Crippen molar-refractivity contribution < 1.29 is 14.7 Å². The molecule has 1 aromatic carbocycles. The zero-order valence-electron chi connectivity index (χ0n) is 15.7. The van der Waals surface area contributed by atoms with Crippen LogP contribution in [0.15, 0.2) is 30.3 Å². The summed E-state index contributed by atoms with van der Waals surface area (Å²) in [4.78, 5) is 26.4. The van der Waals surface area contributed by atoms with Gasteiger partial charge in [-0.3, -0.25) is 9.59 Å². The van der Waals surface area contributed by atoms with Crippen LogP contribution < -0.4 is 5.32 Å². The lowest BCUT2D eigenvalue weighted by molar-refractivity contribution is -0.139. The molecule has 1 heterocycles. The van der Waals surface area contributed by atoms with Crippen molar-refractivity contribution in [2.24, 2.45) is 11.3 Å². The highest BCUT2D eigenvalue weighted by atomic mass is 16.3. The molecule has 25 heavy (non-hydrogen) atoms. The van der Waals surface area contributed by atoms with Gasteiger partial charge in [-0.1, -0.05) is 51.1 Å². The van der Waals surface area contributed by atoms with Crippen LogP contribution in [-0.4, -0.2) is 41.0 Å². The van der Waals surface area contributed by atoms with Gasteiger partial charge in [-0.15, -0.1) is 0 Å². The minimum Gasteiger partial charge on any atom is -0.388 e. The van der Waals surface area contributed by atoms with Crippen LogP contribution in [-0.2, 0) is 9.59 Å². The Kier molecular flexibility index (Phi) is 6.22. The number of aliphatic hydroxyl groups is 1. The first-order chi connectivity index (χ1) is 11.7. The first-order valence-electron chi connectivity index (χ1n) is 9.03. The maximum Gasteiger partial charge on any atom is 0.244 e. The minimum absolute atomic E-state index is 0.0507. The second-order valence-corrected chi connectivity index (χ2v) is 7.96. The van der Waals surface area contributed by atoms with E-state index in [1.165, 1.54) is 0 Å². The van der Waals surface area contributed by atoms with Crippen molar-refractivity contribution in [2.45, 2.75) is 52.7 Å². The van der Waals surface area contributed by atoms with Crippen LogP contribution in [0.2, 0.25) is 0 Å². The molecule has 5 nitrogen and oxygen atoms in total. The van der Waals surface area contributed by atoms with Crippen LogP contribution in [0.5, 0.6) is 0 Å². The van der Waals surface area contributed by atoms with Crippen LogP contribution in [0.3, 0.4) is 0 Å². The molecule has 1 aliphatic heterocycles. The Morgan fingerprint density at radius 3 is 2.24 bits per heavy atom. The lowest BCUT2D eigenvalue weighted by Crippen LogP contribution is -2.51. The smallest absolute Gasteiger partial charge is 0.244 e. The standard InChI is InChI=1S/C20H30N2O3/c1-14(21-19(25)20(2,3)4)18(24)22-12-10-16(11-13-22)17(23)15-8-6-5-7-9-15/h5-9,14,16-17,23H,10-13H2,1-4H3,(H,21,25). The number of likely N-dealkylation sites (tertiary alicyclic amines) is 1. The molecule has 1 saturated heterocycles. The van der Waals surface area contributed by atoms with Crippen molar-refractivity contribution >= 4 is 11.8 Å². The van der Waals surface area contributed by atoms with E-state index in [0.717, 1.165) is 18.4 Å². The van der Waals surface area contributed by atoms with E-state index < -0.39 is 17.6 Å². The molecule has 0 bridgehead atoms. The van der Waals surface area contributed by atoms with Gasteiger partial charge >= 0.3 is 0 Å². The predicted octanol–water partition coefficient (Wildman–Crippen LogP) is 2.51. The molecule has 5 heteroatoms. The first-order valence-corrected chi connectivity index (χ1v) is 9.03. The maximum atomic E-state index is 12.6. The van der Waals surface area contributed by atoms with Crippen LogP contribution >= 0.6 is 0 Å². The molecule has 2 rings (SSSR count). The summed E-state index contributed by atoms with van der Waals surface area (Å²) in [6.45, 7) is 8.45. The molecule has 0 aromatic heterocycles. The van der Waals surface area contributed by atoms with E-state index in [1.807, 2.05) is 51.1 Å². The number of hydrogen-bond donors (Lipinski definition) is 2. The van der Waals surface area contributed by atoms with Gasteiger partial charge in [0.1, 0.15) is 6.04 Å². The third kappa shape index (κ3) is 5.05. The third-order valence-electron chi connectivity index (χ3n) is 4.84. The normalized spacial score (nSPS) is 18.5. The second kappa shape index (κ2) is 8.00. The fourth-order valence-electron chi connectivity index (χ4n) is 3.11. The lowest BCUT2D eigenvalue weighted by atomic mass is 9.87. The summed E-state index contributed by atoms with van der Waals surface area (Å²) < 4.78 is 0. The van der Waals surface area contributed by atoms with Gasteiger partial charge in [0, 0.05) is 18.5 Å². The van der Waals surface area contributed by atoms with Crippen molar-refractivity contribution in [1.29, 1.82) is 0 Å². The van der Waals surface area contributed by atoms with Gasteiger partial charge in [0.15, 0.2) is 0 Å². The summed E-state index contributed by atoms with van der Waals surface area (Å²) in [5, 5.41) is 13.3. The van der Waals surface area contributed by atoms with Crippen LogP contribution in [0.1, 0.15) is 52.2 Å². The highest BCUT2D eigenvalue weighted by molar-refractivity contribution is 5.89. The highest BCUT2D eigenvalue weighted by Crippen LogP contribution is 2.30. The summed E-state index contributed by atoms with van der Waals surface area (Å²) in [5.74, 6) is -0.0149. The number of carbonyl (C=O) groups is 2. The first kappa shape index (κ1) is 19.4. The van der Waals surface area contributed by atoms with Gasteiger partial charge in [-0.25, -0.2) is 0 Å². The highest BCUT2D eigenvalue weighted by Gasteiger charge is 2.31. The molecule has 0 radical (unpaired) electrons. The molecule has 1 aromatic rings. The van der Waals surface area contributed by atoms with E-state index in [0.29, 0.717) is 13.1 Å². The Morgan fingerprint density at radius 2 is 1.72 bits per heavy atom. The minimum atomic E-state index is -0.526. The Morgan fingerprint density at radius 1 is 1.16 bits per heavy atom. The van der Waals surface area contributed by atoms with Gasteiger partial charge in [0.2, 0.25) is 11.8 Å². The molecule has 0 aliphatic carbocycles. The summed E-state index contributed by atoms with van der Waals surface area (Å²) in [5.41, 5.74) is 0.416. The Bertz CT molecular complexity index is 587. The van der Waals surface area contributed by atoms with Crippen molar-refractivity contribution in [3.05, 3.63) is 35.9 Å². The van der Waals surface area contributed by atoms with E-state index in [4.69, 9.17) is 0 Å². The van der Waals surface area contributed by atoms with E-state index >= 15 is 0 Å². The average Bonchev–Trinajstić information content (AvgIpc) is 2.60. The average molecular weight is 346 g/mol. The van der Waals surface area contributed by atoms with Crippen molar-refractivity contribution in [3.63, 3.8) is 0 Å². The van der Waals surface area contributed by atoms with Crippen molar-refractivity contribution in [1.82, 2.24) is 10.2 Å². The number of hydrogen-bond acceptors (Lipinski definition) is 3. The van der Waals surface area contributed by atoms with Crippen molar-refractivity contribution in [3.8, 4) is 0 Å². The van der Waals surface area contributed by atoms with E-state index in [1.54, 1.807) is 11.8 Å². The number of amides is 2. The molecule has 2 unspecified atom stereocenters. The van der Waals surface area contributed by atoms with Crippen molar-refractivity contribution in [2.75, 3.05) is 13.1 Å². The summed E-state index contributed by atoms with van der Waals surface area (Å²) >= 11 is 0. The third-order valence-corrected chi connectivity index (χ3v) is 4.84. The Labute approximate surface area is 150 Å². The number of benzene rings is 1. The van der Waals surface area contributed by atoms with E-state index in [-0.39, 0.29) is 17.7 Å². The van der Waals surface area contributed by atoms with Gasteiger partial charge < -0.3 is 15.3 Å². The lowest BCUT2D eigenvalue weighted by Gasteiger charge is -2.36. The Balaban J connectivity index is 1.87. The van der Waals surface area contributed by atoms with Crippen LogP contribution in [0, 0.1) is 11.3 Å². The van der Waals surface area contributed by atoms with E-state index in [2.05, 4.69) is 5.32 Å². The number of carbonyl (C=O) groups excluding carboxylic acids is 2. The summed E-state index contributed by atoms with van der Waals surface area (Å²) in [6, 6.07) is 9.14. The molecule has 2 amide bonds. The van der Waals surface area contributed by atoms with Gasteiger partial charge in [0.05, 0.1) is 6.10 Å². The fraction of sp³-hybridized carbons (Fsp3) is 0.600. The molecule has 138 valence electrons. The zero-order chi connectivity index (χ0) is 18.6. The SMILES string of the molecule is CC(NC(=O)C(C)(C)C)C(=O)N1CCC(C(O)c2ccccc2)CC1. The van der Waals surface area contributed by atoms with E-state index in [9.17, 15) is 14.7 Å². The molecule has 2 N–H and O–H groups in total. The molecule has 1 aliphatic rings. The molecular weight excluding hydrogens is 316 g/mol. The van der Waals surface area contributed by atoms with Crippen LogP contribution in [0.25, 0.3) is 0 Å². The Hall–Kier alpha value is -1.88.